The van der Waals surface area contributed by atoms with Crippen molar-refractivity contribution in [1.82, 2.24) is 0 Å². The molecule has 0 aromatic heterocycles. The molecule has 0 aliphatic carbocycles. The minimum absolute atomic E-state index is 0.116. The van der Waals surface area contributed by atoms with Crippen LogP contribution in [0.4, 0.5) is 0 Å². The van der Waals surface area contributed by atoms with E-state index >= 15 is 0 Å². The average molecular weight is 953 g/mol. The molecule has 6 heteroatoms. The number of carbonyl (C=O) groups is 3. The SMILES string of the molecule is CC\C=C/C=C\C=C/C=C\C=C/CCCCCC(=O)OCC(COC(=O)CCCCCCC\C=C/C=C\C=C/CCCCCCC)OC(=O)CCCCCCC\C=C/C=C\C=C/CCCCCCC. The zero-order valence-electron chi connectivity index (χ0n) is 44.3. The van der Waals surface area contributed by atoms with E-state index < -0.39 is 6.10 Å². The van der Waals surface area contributed by atoms with Gasteiger partial charge in [-0.15, -0.1) is 0 Å². The fourth-order valence-electron chi connectivity index (χ4n) is 7.17. The quantitative estimate of drug-likeness (QED) is 0.0262. The minimum Gasteiger partial charge on any atom is -0.462 e. The second-order valence-electron chi connectivity index (χ2n) is 18.0. The lowest BCUT2D eigenvalue weighted by Crippen LogP contribution is -2.30. The van der Waals surface area contributed by atoms with Gasteiger partial charge in [0, 0.05) is 19.3 Å². The van der Waals surface area contributed by atoms with Gasteiger partial charge in [-0.1, -0.05) is 251 Å². The Balaban J connectivity index is 4.57. The zero-order valence-corrected chi connectivity index (χ0v) is 44.3. The molecular weight excluding hydrogens is 853 g/mol. The van der Waals surface area contributed by atoms with Crippen LogP contribution in [0.2, 0.25) is 0 Å². The van der Waals surface area contributed by atoms with Gasteiger partial charge >= 0.3 is 17.9 Å². The van der Waals surface area contributed by atoms with Gasteiger partial charge in [-0.25, -0.2) is 0 Å². The third kappa shape index (κ3) is 54.4. The first-order valence-corrected chi connectivity index (χ1v) is 27.8. The summed E-state index contributed by atoms with van der Waals surface area (Å²) in [7, 11) is 0. The second-order valence-corrected chi connectivity index (χ2v) is 18.0. The Morgan fingerprint density at radius 2 is 0.565 bits per heavy atom. The number of carbonyl (C=O) groups excluding carboxylic acids is 3. The summed E-state index contributed by atoms with van der Waals surface area (Å²) in [4.78, 5) is 38.1. The summed E-state index contributed by atoms with van der Waals surface area (Å²) in [6, 6.07) is 0. The van der Waals surface area contributed by atoms with Crippen LogP contribution in [0.15, 0.2) is 134 Å². The molecule has 0 aliphatic rings. The minimum atomic E-state index is -0.821. The third-order valence-corrected chi connectivity index (χ3v) is 11.4. The topological polar surface area (TPSA) is 78.9 Å². The van der Waals surface area contributed by atoms with E-state index in [2.05, 4.69) is 106 Å². The summed E-state index contributed by atoms with van der Waals surface area (Å²) in [5.74, 6) is -1.00. The predicted molar refractivity (Wildman–Crippen MR) is 297 cm³/mol. The molecule has 0 aromatic carbocycles. The van der Waals surface area contributed by atoms with Crippen molar-refractivity contribution in [3.63, 3.8) is 0 Å². The Kier molecular flexibility index (Phi) is 52.5. The van der Waals surface area contributed by atoms with Crippen LogP contribution in [0.3, 0.4) is 0 Å². The molecule has 0 radical (unpaired) electrons. The summed E-state index contributed by atoms with van der Waals surface area (Å²) in [6.07, 6.45) is 78.6. The largest absolute Gasteiger partial charge is 0.462 e. The van der Waals surface area contributed by atoms with Gasteiger partial charge in [0.2, 0.25) is 0 Å². The van der Waals surface area contributed by atoms with Crippen LogP contribution in [0.1, 0.15) is 226 Å². The highest BCUT2D eigenvalue weighted by atomic mass is 16.6. The smallest absolute Gasteiger partial charge is 0.306 e. The van der Waals surface area contributed by atoms with E-state index in [0.29, 0.717) is 12.8 Å². The Morgan fingerprint density at radius 1 is 0.304 bits per heavy atom. The van der Waals surface area contributed by atoms with E-state index in [1.807, 2.05) is 48.6 Å². The lowest BCUT2D eigenvalue weighted by atomic mass is 10.1. The maximum Gasteiger partial charge on any atom is 0.306 e. The molecule has 69 heavy (non-hydrogen) atoms. The molecule has 0 fully saturated rings. The highest BCUT2D eigenvalue weighted by molar-refractivity contribution is 5.71. The fourth-order valence-corrected chi connectivity index (χ4v) is 7.17. The number of hydrogen-bond donors (Lipinski definition) is 0. The maximum absolute atomic E-state index is 12.8. The van der Waals surface area contributed by atoms with Gasteiger partial charge in [-0.2, -0.15) is 0 Å². The average Bonchev–Trinajstić information content (AvgIpc) is 3.35. The van der Waals surface area contributed by atoms with Gasteiger partial charge in [0.05, 0.1) is 0 Å². The Morgan fingerprint density at radius 3 is 0.899 bits per heavy atom. The maximum atomic E-state index is 12.8. The lowest BCUT2D eigenvalue weighted by molar-refractivity contribution is -0.167. The van der Waals surface area contributed by atoms with Crippen molar-refractivity contribution in [1.29, 1.82) is 0 Å². The van der Waals surface area contributed by atoms with Gasteiger partial charge in [0.15, 0.2) is 6.10 Å². The standard InChI is InChI=1S/C63H100O6/c1-4-7-10-13-16-19-22-25-28-30-32-35-38-41-44-47-50-53-56-62(65)68-59-60(58-67-61(64)55-52-49-46-43-40-37-34-27-24-21-18-15-12-9-6-3)69-63(66)57-54-51-48-45-42-39-36-33-31-29-26-23-20-17-14-11-8-5-2/h9,12,15,18,21-37,40,60H,4-8,10-11,13-14,16-17,19-20,38-39,41-59H2,1-3H3/b12-9-,18-15-,24-21-,25-22-,26-23-,30-28-,31-29-,34-27-,35-32-,36-33-,40-37-. The van der Waals surface area contributed by atoms with E-state index in [0.717, 1.165) is 122 Å². The Bertz CT molecular complexity index is 1510. The fraction of sp³-hybridized carbons (Fsp3) is 0.603. The molecule has 0 amide bonds. The monoisotopic (exact) mass is 953 g/mol. The van der Waals surface area contributed by atoms with E-state index in [1.54, 1.807) is 0 Å². The second kappa shape index (κ2) is 56.1. The number of ether oxygens (including phenoxy) is 3. The molecule has 388 valence electrons. The van der Waals surface area contributed by atoms with Crippen molar-refractivity contribution < 1.29 is 28.6 Å². The molecule has 1 atom stereocenters. The number of rotatable bonds is 48. The Labute approximate surface area is 424 Å². The normalized spacial score (nSPS) is 13.1. The summed E-state index contributed by atoms with van der Waals surface area (Å²) in [5.41, 5.74) is 0. The van der Waals surface area contributed by atoms with E-state index in [4.69, 9.17) is 14.2 Å². The molecule has 1 unspecified atom stereocenters. The molecular formula is C63H100O6. The van der Waals surface area contributed by atoms with Gasteiger partial charge in [-0.05, 0) is 89.9 Å². The van der Waals surface area contributed by atoms with Crippen LogP contribution in [-0.4, -0.2) is 37.2 Å². The van der Waals surface area contributed by atoms with Crippen LogP contribution >= 0.6 is 0 Å². The van der Waals surface area contributed by atoms with E-state index in [9.17, 15) is 14.4 Å². The molecule has 0 saturated carbocycles. The number of hydrogen-bond acceptors (Lipinski definition) is 6. The first kappa shape index (κ1) is 64.5. The van der Waals surface area contributed by atoms with Gasteiger partial charge < -0.3 is 14.2 Å². The van der Waals surface area contributed by atoms with Crippen LogP contribution in [0.5, 0.6) is 0 Å². The van der Waals surface area contributed by atoms with Crippen molar-refractivity contribution in [3.05, 3.63) is 134 Å². The molecule has 0 heterocycles. The summed E-state index contributed by atoms with van der Waals surface area (Å²) < 4.78 is 16.8. The summed E-state index contributed by atoms with van der Waals surface area (Å²) >= 11 is 0. The van der Waals surface area contributed by atoms with Crippen molar-refractivity contribution in [3.8, 4) is 0 Å². The molecule has 0 rings (SSSR count). The van der Waals surface area contributed by atoms with Crippen molar-refractivity contribution in [2.75, 3.05) is 13.2 Å². The number of esters is 3. The van der Waals surface area contributed by atoms with E-state index in [1.165, 1.54) is 64.2 Å². The van der Waals surface area contributed by atoms with Gasteiger partial charge in [-0.3, -0.25) is 14.4 Å². The van der Waals surface area contributed by atoms with Crippen LogP contribution < -0.4 is 0 Å². The van der Waals surface area contributed by atoms with Crippen LogP contribution in [0.25, 0.3) is 0 Å². The highest BCUT2D eigenvalue weighted by Crippen LogP contribution is 2.13. The molecule has 0 saturated heterocycles. The molecule has 0 spiro atoms. The van der Waals surface area contributed by atoms with Crippen molar-refractivity contribution in [2.45, 2.75) is 232 Å². The third-order valence-electron chi connectivity index (χ3n) is 11.4. The lowest BCUT2D eigenvalue weighted by Gasteiger charge is -2.18. The summed E-state index contributed by atoms with van der Waals surface area (Å²) in [6.45, 7) is 6.38. The van der Waals surface area contributed by atoms with E-state index in [-0.39, 0.29) is 37.5 Å². The first-order chi connectivity index (χ1) is 34.0. The van der Waals surface area contributed by atoms with Gasteiger partial charge in [0.1, 0.15) is 13.2 Å². The molecule has 0 bridgehead atoms. The first-order valence-electron chi connectivity index (χ1n) is 27.8. The zero-order chi connectivity index (χ0) is 50.0. The van der Waals surface area contributed by atoms with Crippen LogP contribution in [-0.2, 0) is 28.6 Å². The number of allylic oxidation sites excluding steroid dienone is 22. The molecule has 6 nitrogen and oxygen atoms in total. The molecule has 0 N–H and O–H groups in total. The predicted octanol–water partition coefficient (Wildman–Crippen LogP) is 18.6. The number of unbranched alkanes of at least 4 members (excludes halogenated alkanes) is 23. The van der Waals surface area contributed by atoms with Crippen molar-refractivity contribution in [2.24, 2.45) is 0 Å². The summed E-state index contributed by atoms with van der Waals surface area (Å²) in [5, 5.41) is 0. The highest BCUT2D eigenvalue weighted by Gasteiger charge is 2.19. The Hall–Kier alpha value is -4.45. The van der Waals surface area contributed by atoms with Crippen molar-refractivity contribution >= 4 is 17.9 Å². The van der Waals surface area contributed by atoms with Crippen LogP contribution in [0, 0.1) is 0 Å². The molecule has 0 aromatic rings. The van der Waals surface area contributed by atoms with Gasteiger partial charge in [0.25, 0.3) is 0 Å². The molecule has 0 aliphatic heterocycles.